The predicted molar refractivity (Wildman–Crippen MR) is 107 cm³/mol. The third kappa shape index (κ3) is 3.74. The lowest BCUT2D eigenvalue weighted by Gasteiger charge is -2.13. The lowest BCUT2D eigenvalue weighted by molar-refractivity contribution is -0.118. The maximum absolute atomic E-state index is 12.8. The van der Waals surface area contributed by atoms with Gasteiger partial charge < -0.3 is 0 Å². The van der Waals surface area contributed by atoms with Gasteiger partial charge in [0.05, 0.1) is 5.39 Å². The molecule has 0 radical (unpaired) electrons. The fraction of sp³-hybridized carbons (Fsp3) is 0.286. The first-order chi connectivity index (χ1) is 13.1. The van der Waals surface area contributed by atoms with Crippen LogP contribution in [-0.2, 0) is 4.79 Å². The smallest absolute Gasteiger partial charge is 0.273 e. The molecule has 4 rings (SSSR count). The van der Waals surface area contributed by atoms with Crippen molar-refractivity contribution in [3.05, 3.63) is 63.9 Å². The number of amides is 1. The van der Waals surface area contributed by atoms with Gasteiger partial charge in [0.15, 0.2) is 0 Å². The van der Waals surface area contributed by atoms with Crippen LogP contribution in [0.3, 0.4) is 0 Å². The molecule has 1 heterocycles. The Balaban J connectivity index is 1.74. The van der Waals surface area contributed by atoms with Gasteiger partial charge in [-0.25, -0.2) is 5.43 Å². The van der Waals surface area contributed by atoms with Gasteiger partial charge in [-0.1, -0.05) is 54.8 Å². The number of hydrogen-bond donors (Lipinski definition) is 1. The van der Waals surface area contributed by atoms with Crippen molar-refractivity contribution < 1.29 is 4.79 Å². The fourth-order valence-corrected chi connectivity index (χ4v) is 3.85. The molecule has 1 aromatic heterocycles. The summed E-state index contributed by atoms with van der Waals surface area (Å²) in [5, 5.41) is 6.32. The van der Waals surface area contributed by atoms with Crippen LogP contribution in [0.4, 0.5) is 0 Å². The van der Waals surface area contributed by atoms with Gasteiger partial charge in [-0.05, 0) is 37.0 Å². The molecular weight excluding hydrogens is 362 g/mol. The standard InChI is InChI=1S/C21H20ClN3O2/c22-16-11-9-15(10-12-16)20-17-7-3-4-8-18(17)21(27)25(24-20)23-19(26)13-14-5-1-2-6-14/h3-4,7-12,14H,1-2,5-6,13H2,(H,23,26). The summed E-state index contributed by atoms with van der Waals surface area (Å²) >= 11 is 5.99. The molecule has 3 aromatic rings. The van der Waals surface area contributed by atoms with Crippen molar-refractivity contribution in [2.45, 2.75) is 32.1 Å². The average Bonchev–Trinajstić information content (AvgIpc) is 3.18. The molecule has 138 valence electrons. The van der Waals surface area contributed by atoms with E-state index in [0.29, 0.717) is 28.4 Å². The zero-order valence-corrected chi connectivity index (χ0v) is 15.6. The molecule has 1 amide bonds. The van der Waals surface area contributed by atoms with Crippen molar-refractivity contribution in [3.8, 4) is 11.3 Å². The van der Waals surface area contributed by atoms with E-state index in [1.807, 2.05) is 24.3 Å². The number of nitrogens with zero attached hydrogens (tertiary/aromatic N) is 2. The molecule has 2 aromatic carbocycles. The van der Waals surface area contributed by atoms with Gasteiger partial charge in [-0.15, -0.1) is 9.89 Å². The van der Waals surface area contributed by atoms with Crippen LogP contribution in [0.2, 0.25) is 5.02 Å². The van der Waals surface area contributed by atoms with Gasteiger partial charge >= 0.3 is 0 Å². The number of rotatable bonds is 4. The third-order valence-corrected chi connectivity index (χ3v) is 5.35. The Bertz CT molecular complexity index is 1040. The first-order valence-electron chi connectivity index (χ1n) is 9.20. The zero-order valence-electron chi connectivity index (χ0n) is 14.8. The summed E-state index contributed by atoms with van der Waals surface area (Å²) in [6, 6.07) is 14.5. The molecule has 27 heavy (non-hydrogen) atoms. The highest BCUT2D eigenvalue weighted by Gasteiger charge is 2.20. The highest BCUT2D eigenvalue weighted by Crippen LogP contribution is 2.28. The molecule has 0 bridgehead atoms. The van der Waals surface area contributed by atoms with E-state index in [4.69, 9.17) is 11.6 Å². The van der Waals surface area contributed by atoms with Crippen molar-refractivity contribution in [1.82, 2.24) is 9.89 Å². The lowest BCUT2D eigenvalue weighted by atomic mass is 10.0. The van der Waals surface area contributed by atoms with E-state index in [0.717, 1.165) is 28.6 Å². The van der Waals surface area contributed by atoms with Crippen LogP contribution in [0.15, 0.2) is 53.3 Å². The van der Waals surface area contributed by atoms with E-state index in [1.54, 1.807) is 24.3 Å². The van der Waals surface area contributed by atoms with E-state index in [9.17, 15) is 9.59 Å². The molecule has 0 aliphatic heterocycles. The summed E-state index contributed by atoms with van der Waals surface area (Å²) in [5.41, 5.74) is 3.80. The molecule has 5 nitrogen and oxygen atoms in total. The van der Waals surface area contributed by atoms with Crippen LogP contribution in [0, 0.1) is 5.92 Å². The largest absolute Gasteiger partial charge is 0.294 e. The molecule has 1 aliphatic carbocycles. The van der Waals surface area contributed by atoms with Crippen molar-refractivity contribution >= 4 is 28.3 Å². The SMILES string of the molecule is O=C(CC1CCCC1)Nn1nc(-c2ccc(Cl)cc2)c2ccccc2c1=O. The molecule has 1 saturated carbocycles. The van der Waals surface area contributed by atoms with Gasteiger partial charge in [-0.3, -0.25) is 9.59 Å². The van der Waals surface area contributed by atoms with Gasteiger partial charge in [0.2, 0.25) is 5.91 Å². The second-order valence-electron chi connectivity index (χ2n) is 7.01. The first kappa shape index (κ1) is 17.7. The van der Waals surface area contributed by atoms with E-state index in [1.165, 1.54) is 12.8 Å². The second kappa shape index (κ2) is 7.53. The highest BCUT2D eigenvalue weighted by molar-refractivity contribution is 6.30. The quantitative estimate of drug-likeness (QED) is 0.729. The van der Waals surface area contributed by atoms with Crippen LogP contribution in [0.25, 0.3) is 22.0 Å². The summed E-state index contributed by atoms with van der Waals surface area (Å²) in [6.07, 6.45) is 4.92. The minimum Gasteiger partial charge on any atom is -0.273 e. The van der Waals surface area contributed by atoms with E-state index >= 15 is 0 Å². The molecule has 1 N–H and O–H groups in total. The van der Waals surface area contributed by atoms with Crippen molar-refractivity contribution in [2.75, 3.05) is 5.43 Å². The van der Waals surface area contributed by atoms with Gasteiger partial charge in [0.1, 0.15) is 5.69 Å². The van der Waals surface area contributed by atoms with Crippen LogP contribution in [0.1, 0.15) is 32.1 Å². The number of nitrogens with one attached hydrogen (secondary N) is 1. The Morgan fingerprint density at radius 1 is 1.07 bits per heavy atom. The summed E-state index contributed by atoms with van der Waals surface area (Å²) in [7, 11) is 0. The Kier molecular flexibility index (Phi) is 4.94. The maximum atomic E-state index is 12.8. The monoisotopic (exact) mass is 381 g/mol. The zero-order chi connectivity index (χ0) is 18.8. The van der Waals surface area contributed by atoms with Gasteiger partial charge in [-0.2, -0.15) is 0 Å². The Labute approximate surface area is 161 Å². The molecule has 1 fully saturated rings. The molecule has 1 aliphatic rings. The average molecular weight is 382 g/mol. The number of hydrogen-bond acceptors (Lipinski definition) is 3. The molecule has 6 heteroatoms. The summed E-state index contributed by atoms with van der Waals surface area (Å²) in [5.74, 6) is 0.228. The van der Waals surface area contributed by atoms with Crippen LogP contribution in [0.5, 0.6) is 0 Å². The van der Waals surface area contributed by atoms with Crippen molar-refractivity contribution in [3.63, 3.8) is 0 Å². The normalized spacial score (nSPS) is 14.6. The Hall–Kier alpha value is -2.66. The molecule has 0 spiro atoms. The van der Waals surface area contributed by atoms with Crippen molar-refractivity contribution in [1.29, 1.82) is 0 Å². The summed E-state index contributed by atoms with van der Waals surface area (Å²) in [4.78, 5) is 26.3. The molecular formula is C21H20ClN3O2. The third-order valence-electron chi connectivity index (χ3n) is 5.10. The Morgan fingerprint density at radius 2 is 1.74 bits per heavy atom. The number of fused-ring (bicyclic) bond motifs is 1. The van der Waals surface area contributed by atoms with Crippen LogP contribution < -0.4 is 11.0 Å². The number of carbonyl (C=O) groups excluding carboxylic acids is 1. The Morgan fingerprint density at radius 3 is 2.44 bits per heavy atom. The minimum atomic E-state index is -0.330. The van der Waals surface area contributed by atoms with E-state index in [-0.39, 0.29) is 11.5 Å². The molecule has 0 unspecified atom stereocenters. The minimum absolute atomic E-state index is 0.172. The summed E-state index contributed by atoms with van der Waals surface area (Å²) in [6.45, 7) is 0. The highest BCUT2D eigenvalue weighted by atomic mass is 35.5. The van der Waals surface area contributed by atoms with Gasteiger partial charge in [0, 0.05) is 22.4 Å². The second-order valence-corrected chi connectivity index (χ2v) is 7.44. The lowest BCUT2D eigenvalue weighted by Crippen LogP contribution is -2.36. The maximum Gasteiger partial charge on any atom is 0.294 e. The van der Waals surface area contributed by atoms with Gasteiger partial charge in [0.25, 0.3) is 5.56 Å². The van der Waals surface area contributed by atoms with E-state index in [2.05, 4.69) is 10.5 Å². The number of carbonyl (C=O) groups is 1. The summed E-state index contributed by atoms with van der Waals surface area (Å²) < 4.78 is 0. The van der Waals surface area contributed by atoms with Crippen LogP contribution in [-0.4, -0.2) is 15.8 Å². The topological polar surface area (TPSA) is 64.0 Å². The molecule has 0 saturated heterocycles. The molecule has 0 atom stereocenters. The fourth-order valence-electron chi connectivity index (χ4n) is 3.73. The van der Waals surface area contributed by atoms with E-state index < -0.39 is 0 Å². The van der Waals surface area contributed by atoms with Crippen LogP contribution >= 0.6 is 11.6 Å². The first-order valence-corrected chi connectivity index (χ1v) is 9.57. The number of aromatic nitrogens is 2. The predicted octanol–water partition coefficient (Wildman–Crippen LogP) is 4.37. The number of benzene rings is 2. The number of halogens is 1. The van der Waals surface area contributed by atoms with Crippen molar-refractivity contribution in [2.24, 2.45) is 5.92 Å².